The molecular weight excluding hydrogens is 366 g/mol. The SMILES string of the molecule is Cc1nc(NCc2cnn(C[C@@H]3CC4CC[C@@H]3C4)c2)nc2c1NC(O)[C@H](C)N2C. The molecule has 2 saturated carbocycles. The summed E-state index contributed by atoms with van der Waals surface area (Å²) in [6.07, 6.45) is 9.14. The molecule has 0 amide bonds. The van der Waals surface area contributed by atoms with Gasteiger partial charge in [-0.05, 0) is 50.9 Å². The number of fused-ring (bicyclic) bond motifs is 3. The highest BCUT2D eigenvalue weighted by Gasteiger charge is 2.39. The summed E-state index contributed by atoms with van der Waals surface area (Å²) in [5.74, 6) is 4.11. The minimum absolute atomic E-state index is 0.0614. The third-order valence-electron chi connectivity index (χ3n) is 7.21. The zero-order valence-electron chi connectivity index (χ0n) is 17.5. The van der Waals surface area contributed by atoms with E-state index in [-0.39, 0.29) is 6.04 Å². The second kappa shape index (κ2) is 7.16. The monoisotopic (exact) mass is 397 g/mol. The Morgan fingerprint density at radius 1 is 1.28 bits per heavy atom. The lowest BCUT2D eigenvalue weighted by atomic mass is 9.89. The van der Waals surface area contributed by atoms with E-state index in [1.54, 1.807) is 0 Å². The van der Waals surface area contributed by atoms with Crippen molar-refractivity contribution < 1.29 is 5.11 Å². The first-order valence-corrected chi connectivity index (χ1v) is 10.8. The number of aliphatic hydroxyl groups excluding tert-OH is 1. The minimum atomic E-state index is -0.630. The first kappa shape index (κ1) is 18.7. The van der Waals surface area contributed by atoms with Gasteiger partial charge in [-0.3, -0.25) is 4.68 Å². The highest BCUT2D eigenvalue weighted by atomic mass is 16.3. The van der Waals surface area contributed by atoms with Crippen LogP contribution in [0.25, 0.3) is 0 Å². The molecule has 156 valence electrons. The smallest absolute Gasteiger partial charge is 0.225 e. The molecule has 2 aromatic rings. The number of nitrogens with zero attached hydrogens (tertiary/aromatic N) is 5. The molecule has 0 saturated heterocycles. The maximum Gasteiger partial charge on any atom is 0.225 e. The molecular formula is C21H31N7O. The third-order valence-corrected chi connectivity index (χ3v) is 7.21. The van der Waals surface area contributed by atoms with Gasteiger partial charge >= 0.3 is 0 Å². The van der Waals surface area contributed by atoms with Crippen molar-refractivity contribution in [2.75, 3.05) is 22.6 Å². The normalized spacial score (nSPS) is 30.3. The Hall–Kier alpha value is -2.35. The van der Waals surface area contributed by atoms with Gasteiger partial charge in [0.25, 0.3) is 0 Å². The molecule has 2 aromatic heterocycles. The van der Waals surface area contributed by atoms with Crippen LogP contribution in [0.2, 0.25) is 0 Å². The average Bonchev–Trinajstić information content (AvgIpc) is 3.43. The lowest BCUT2D eigenvalue weighted by Gasteiger charge is -2.37. The van der Waals surface area contributed by atoms with Crippen molar-refractivity contribution in [1.29, 1.82) is 0 Å². The van der Waals surface area contributed by atoms with Gasteiger partial charge in [-0.1, -0.05) is 6.42 Å². The van der Waals surface area contributed by atoms with Crippen LogP contribution in [0.5, 0.6) is 0 Å². The molecule has 3 heterocycles. The fraction of sp³-hybridized carbons (Fsp3) is 0.667. The van der Waals surface area contributed by atoms with E-state index < -0.39 is 6.23 Å². The van der Waals surface area contributed by atoms with Gasteiger partial charge in [-0.15, -0.1) is 0 Å². The van der Waals surface area contributed by atoms with E-state index in [1.807, 2.05) is 32.0 Å². The number of hydrogen-bond donors (Lipinski definition) is 3. The lowest BCUT2D eigenvalue weighted by Crippen LogP contribution is -2.48. The van der Waals surface area contributed by atoms with Crippen LogP contribution < -0.4 is 15.5 Å². The van der Waals surface area contributed by atoms with Crippen molar-refractivity contribution in [2.24, 2.45) is 17.8 Å². The molecule has 5 atom stereocenters. The second-order valence-corrected chi connectivity index (χ2v) is 9.13. The molecule has 8 nitrogen and oxygen atoms in total. The maximum absolute atomic E-state index is 10.1. The number of nitrogens with one attached hydrogen (secondary N) is 2. The molecule has 29 heavy (non-hydrogen) atoms. The van der Waals surface area contributed by atoms with E-state index in [4.69, 9.17) is 0 Å². The molecule has 2 fully saturated rings. The predicted octanol–water partition coefficient (Wildman–Crippen LogP) is 2.60. The summed E-state index contributed by atoms with van der Waals surface area (Å²) in [6.45, 7) is 5.59. The zero-order chi connectivity index (χ0) is 20.1. The number of aliphatic hydroxyl groups is 1. The van der Waals surface area contributed by atoms with Crippen molar-refractivity contribution in [1.82, 2.24) is 19.7 Å². The van der Waals surface area contributed by atoms with Crippen LogP contribution in [0.4, 0.5) is 17.5 Å². The number of aromatic nitrogens is 4. The van der Waals surface area contributed by atoms with Gasteiger partial charge in [0.2, 0.25) is 5.95 Å². The minimum Gasteiger partial charge on any atom is -0.372 e. The quantitative estimate of drug-likeness (QED) is 0.714. The Balaban J connectivity index is 1.24. The van der Waals surface area contributed by atoms with E-state index in [1.165, 1.54) is 25.7 Å². The van der Waals surface area contributed by atoms with Crippen molar-refractivity contribution in [2.45, 2.75) is 64.9 Å². The van der Waals surface area contributed by atoms with E-state index >= 15 is 0 Å². The number of rotatable bonds is 5. The van der Waals surface area contributed by atoms with E-state index in [2.05, 4.69) is 36.6 Å². The number of anilines is 3. The molecule has 2 bridgehead atoms. The second-order valence-electron chi connectivity index (χ2n) is 9.13. The number of likely N-dealkylation sites (N-methyl/N-ethyl adjacent to an activating group) is 1. The third kappa shape index (κ3) is 3.43. The van der Waals surface area contributed by atoms with E-state index in [9.17, 15) is 5.11 Å². The summed E-state index contributed by atoms with van der Waals surface area (Å²) in [4.78, 5) is 11.2. The van der Waals surface area contributed by atoms with Crippen molar-refractivity contribution in [3.05, 3.63) is 23.7 Å². The Kier molecular flexibility index (Phi) is 4.61. The molecule has 2 unspecified atom stereocenters. The van der Waals surface area contributed by atoms with Crippen LogP contribution in [-0.2, 0) is 13.1 Å². The zero-order valence-corrected chi connectivity index (χ0v) is 17.5. The number of hydrogen-bond acceptors (Lipinski definition) is 7. The van der Waals surface area contributed by atoms with Crippen LogP contribution >= 0.6 is 0 Å². The van der Waals surface area contributed by atoms with Crippen LogP contribution in [0.15, 0.2) is 12.4 Å². The topological polar surface area (TPSA) is 91.1 Å². The summed E-state index contributed by atoms with van der Waals surface area (Å²) < 4.78 is 2.11. The van der Waals surface area contributed by atoms with Gasteiger partial charge < -0.3 is 20.6 Å². The molecule has 8 heteroatoms. The van der Waals surface area contributed by atoms with Crippen LogP contribution in [0, 0.1) is 24.7 Å². The molecule has 2 aliphatic carbocycles. The highest BCUT2D eigenvalue weighted by Crippen LogP contribution is 2.48. The van der Waals surface area contributed by atoms with Gasteiger partial charge in [0.15, 0.2) is 5.82 Å². The van der Waals surface area contributed by atoms with Gasteiger partial charge in [0, 0.05) is 31.9 Å². The Bertz CT molecular complexity index is 897. The highest BCUT2D eigenvalue weighted by molar-refractivity contribution is 5.72. The summed E-state index contributed by atoms with van der Waals surface area (Å²) in [7, 11) is 1.95. The van der Waals surface area contributed by atoms with Gasteiger partial charge in [-0.2, -0.15) is 10.1 Å². The van der Waals surface area contributed by atoms with Gasteiger partial charge in [-0.25, -0.2) is 4.98 Å². The van der Waals surface area contributed by atoms with Gasteiger partial charge in [0.05, 0.1) is 17.9 Å². The van der Waals surface area contributed by atoms with Crippen LogP contribution in [0.1, 0.15) is 43.9 Å². The fourth-order valence-corrected chi connectivity index (χ4v) is 5.35. The van der Waals surface area contributed by atoms with Crippen molar-refractivity contribution >= 4 is 17.5 Å². The molecule has 3 aliphatic rings. The Morgan fingerprint density at radius 3 is 2.90 bits per heavy atom. The lowest BCUT2D eigenvalue weighted by molar-refractivity contribution is 0.172. The van der Waals surface area contributed by atoms with Crippen molar-refractivity contribution in [3.63, 3.8) is 0 Å². The first-order chi connectivity index (χ1) is 14.0. The molecule has 0 radical (unpaired) electrons. The summed E-state index contributed by atoms with van der Waals surface area (Å²) in [5, 5.41) is 21.2. The van der Waals surface area contributed by atoms with Crippen molar-refractivity contribution in [3.8, 4) is 0 Å². The number of aryl methyl sites for hydroxylation is 1. The summed E-state index contributed by atoms with van der Waals surface area (Å²) in [5.41, 5.74) is 2.76. The predicted molar refractivity (Wildman–Crippen MR) is 113 cm³/mol. The fourth-order valence-electron chi connectivity index (χ4n) is 5.35. The standard InChI is InChI=1S/C21H31N7O/c1-12-18-19(27(3)13(2)20(29)25-18)26-21(24-12)22-8-15-9-23-28(10-15)11-17-7-14-4-5-16(17)6-14/h9-10,13-14,16-17,20,25,29H,4-8,11H2,1-3H3,(H,22,24,26)/t13-,14?,16+,17-,20?/m0/s1. The Morgan fingerprint density at radius 2 is 2.14 bits per heavy atom. The maximum atomic E-state index is 10.1. The summed E-state index contributed by atoms with van der Waals surface area (Å²) in [6, 6.07) is -0.0614. The molecule has 0 spiro atoms. The summed E-state index contributed by atoms with van der Waals surface area (Å²) >= 11 is 0. The average molecular weight is 398 g/mol. The van der Waals surface area contributed by atoms with E-state index in [0.717, 1.165) is 47.1 Å². The molecule has 5 rings (SSSR count). The van der Waals surface area contributed by atoms with E-state index in [0.29, 0.717) is 12.5 Å². The molecule has 1 aliphatic heterocycles. The first-order valence-electron chi connectivity index (χ1n) is 10.8. The Labute approximate surface area is 171 Å². The molecule has 0 aromatic carbocycles. The molecule has 3 N–H and O–H groups in total. The van der Waals surface area contributed by atoms with Gasteiger partial charge in [0.1, 0.15) is 11.9 Å². The van der Waals surface area contributed by atoms with Crippen LogP contribution in [-0.4, -0.2) is 44.2 Å². The largest absolute Gasteiger partial charge is 0.372 e. The van der Waals surface area contributed by atoms with Crippen LogP contribution in [0.3, 0.4) is 0 Å².